The monoisotopic (exact) mass is 325 g/mol. The molecule has 9 heteroatoms. The summed E-state index contributed by atoms with van der Waals surface area (Å²) in [7, 11) is -3.43. The Labute approximate surface area is 127 Å². The van der Waals surface area contributed by atoms with Gasteiger partial charge in [0.25, 0.3) is 15.9 Å². The zero-order valence-electron chi connectivity index (χ0n) is 11.7. The Kier molecular flexibility index (Phi) is 3.51. The van der Waals surface area contributed by atoms with Crippen molar-refractivity contribution in [1.29, 1.82) is 0 Å². The van der Waals surface area contributed by atoms with Gasteiger partial charge in [-0.2, -0.15) is 0 Å². The van der Waals surface area contributed by atoms with Crippen LogP contribution in [0.3, 0.4) is 0 Å². The van der Waals surface area contributed by atoms with E-state index in [4.69, 9.17) is 5.11 Å². The van der Waals surface area contributed by atoms with Gasteiger partial charge in [-0.25, -0.2) is 8.42 Å². The van der Waals surface area contributed by atoms with Gasteiger partial charge in [-0.1, -0.05) is 0 Å². The Hall–Kier alpha value is -2.16. The van der Waals surface area contributed by atoms with Crippen molar-refractivity contribution in [3.05, 3.63) is 23.9 Å². The molecule has 0 saturated heterocycles. The van der Waals surface area contributed by atoms with Crippen molar-refractivity contribution in [3.63, 3.8) is 0 Å². The molecule has 8 nitrogen and oxygen atoms in total. The molecule has 2 aliphatic heterocycles. The van der Waals surface area contributed by atoms with E-state index in [1.165, 1.54) is 23.3 Å². The molecule has 0 atom stereocenters. The number of amides is 1. The van der Waals surface area contributed by atoms with Crippen molar-refractivity contribution in [1.82, 2.24) is 9.80 Å². The van der Waals surface area contributed by atoms with Crippen molar-refractivity contribution >= 4 is 27.7 Å². The Morgan fingerprint density at radius 1 is 1.36 bits per heavy atom. The number of fused-ring (bicyclic) bond motifs is 1. The van der Waals surface area contributed by atoms with Crippen LogP contribution in [0.1, 0.15) is 12.8 Å². The molecule has 0 aromatic heterocycles. The third kappa shape index (κ3) is 3.03. The third-order valence-corrected chi connectivity index (χ3v) is 4.79. The normalized spacial score (nSPS) is 22.5. The van der Waals surface area contributed by atoms with Crippen LogP contribution in [-0.2, 0) is 19.6 Å². The van der Waals surface area contributed by atoms with Crippen LogP contribution in [0.2, 0.25) is 0 Å². The molecule has 3 aliphatic rings. The maximum Gasteiger partial charge on any atom is 0.323 e. The number of aliphatic carboxylic acids is 1. The highest BCUT2D eigenvalue weighted by Gasteiger charge is 2.35. The predicted octanol–water partition coefficient (Wildman–Crippen LogP) is -0.440. The fraction of sp³-hybridized carbons (Fsp3) is 0.462. The number of carboxylic acids is 1. The number of carbonyl (C=O) groups is 2. The Morgan fingerprint density at radius 2 is 2.09 bits per heavy atom. The minimum atomic E-state index is -3.43. The molecular formula is C13H15N3O5S. The average molecular weight is 325 g/mol. The fourth-order valence-corrected chi connectivity index (χ4v) is 3.36. The van der Waals surface area contributed by atoms with Gasteiger partial charge in [-0.05, 0) is 25.0 Å². The van der Waals surface area contributed by atoms with Gasteiger partial charge >= 0.3 is 5.97 Å². The SMILES string of the molecule is O=C(O)CN(C(=O)C1=CN2CCS(=O)(=O)N=C2C=C1)C1CC1. The van der Waals surface area contributed by atoms with Crippen LogP contribution in [0, 0.1) is 0 Å². The quantitative estimate of drug-likeness (QED) is 0.751. The van der Waals surface area contributed by atoms with Crippen molar-refractivity contribution in [2.45, 2.75) is 18.9 Å². The first kappa shape index (κ1) is 14.8. The highest BCUT2D eigenvalue weighted by Crippen LogP contribution is 2.28. The summed E-state index contributed by atoms with van der Waals surface area (Å²) in [5.74, 6) is -1.23. The lowest BCUT2D eigenvalue weighted by molar-refractivity contribution is -0.143. The summed E-state index contributed by atoms with van der Waals surface area (Å²) in [6.45, 7) is -0.103. The zero-order chi connectivity index (χ0) is 15.9. The molecule has 1 fully saturated rings. The zero-order valence-corrected chi connectivity index (χ0v) is 12.5. The molecule has 1 aliphatic carbocycles. The van der Waals surface area contributed by atoms with Gasteiger partial charge < -0.3 is 14.9 Å². The maximum atomic E-state index is 12.5. The van der Waals surface area contributed by atoms with E-state index in [-0.39, 0.29) is 36.6 Å². The van der Waals surface area contributed by atoms with E-state index in [2.05, 4.69) is 4.40 Å². The number of amidine groups is 1. The topological polar surface area (TPSA) is 107 Å². The second kappa shape index (κ2) is 5.24. The van der Waals surface area contributed by atoms with Crippen LogP contribution in [0.25, 0.3) is 0 Å². The Morgan fingerprint density at radius 3 is 2.73 bits per heavy atom. The van der Waals surface area contributed by atoms with Crippen LogP contribution in [0.5, 0.6) is 0 Å². The van der Waals surface area contributed by atoms with Gasteiger partial charge in [0.2, 0.25) is 0 Å². The molecule has 0 bridgehead atoms. The standard InChI is InChI=1S/C13H15N3O5S/c17-12(18)8-16(10-2-3-10)13(19)9-1-4-11-14-22(20,21)6-5-15(11)7-9/h1,4,7,10H,2-3,5-6,8H2,(H,17,18). The van der Waals surface area contributed by atoms with Gasteiger partial charge in [-0.3, -0.25) is 9.59 Å². The smallest absolute Gasteiger partial charge is 0.323 e. The van der Waals surface area contributed by atoms with Gasteiger partial charge in [0.15, 0.2) is 0 Å². The lowest BCUT2D eigenvalue weighted by Gasteiger charge is -2.28. The van der Waals surface area contributed by atoms with Gasteiger partial charge in [0.05, 0.1) is 11.3 Å². The average Bonchev–Trinajstić information content (AvgIpc) is 3.27. The van der Waals surface area contributed by atoms with Crippen LogP contribution >= 0.6 is 0 Å². The van der Waals surface area contributed by atoms with E-state index in [0.29, 0.717) is 5.57 Å². The second-order valence-electron chi connectivity index (χ2n) is 5.40. The molecule has 1 N–H and O–H groups in total. The molecule has 3 rings (SSSR count). The molecule has 22 heavy (non-hydrogen) atoms. The maximum absolute atomic E-state index is 12.5. The van der Waals surface area contributed by atoms with Crippen molar-refractivity contribution in [2.24, 2.45) is 4.40 Å². The molecular weight excluding hydrogens is 310 g/mol. The van der Waals surface area contributed by atoms with E-state index in [0.717, 1.165) is 12.8 Å². The minimum Gasteiger partial charge on any atom is -0.480 e. The largest absolute Gasteiger partial charge is 0.480 e. The summed E-state index contributed by atoms with van der Waals surface area (Å²) >= 11 is 0. The lowest BCUT2D eigenvalue weighted by atomic mass is 10.1. The minimum absolute atomic E-state index is 0.0188. The first-order valence-corrected chi connectivity index (χ1v) is 8.48. The molecule has 0 aromatic rings. The van der Waals surface area contributed by atoms with Gasteiger partial charge in [-0.15, -0.1) is 4.40 Å². The number of carboxylic acid groups (broad SMARTS) is 1. The number of carbonyl (C=O) groups excluding carboxylic acids is 1. The highest BCUT2D eigenvalue weighted by molar-refractivity contribution is 7.90. The van der Waals surface area contributed by atoms with Crippen LogP contribution in [-0.4, -0.2) is 65.9 Å². The van der Waals surface area contributed by atoms with Crippen LogP contribution < -0.4 is 0 Å². The number of hydrogen-bond acceptors (Lipinski definition) is 5. The van der Waals surface area contributed by atoms with Gasteiger partial charge in [0, 0.05) is 18.8 Å². The Balaban J connectivity index is 1.81. The lowest BCUT2D eigenvalue weighted by Crippen LogP contribution is -2.41. The van der Waals surface area contributed by atoms with E-state index < -0.39 is 16.0 Å². The van der Waals surface area contributed by atoms with Gasteiger partial charge in [0.1, 0.15) is 12.4 Å². The fourth-order valence-electron chi connectivity index (χ4n) is 2.39. The summed E-state index contributed by atoms with van der Waals surface area (Å²) in [6.07, 6.45) is 6.11. The summed E-state index contributed by atoms with van der Waals surface area (Å²) in [6, 6.07) is -0.0188. The molecule has 2 heterocycles. The van der Waals surface area contributed by atoms with E-state index in [1.807, 2.05) is 0 Å². The molecule has 118 valence electrons. The predicted molar refractivity (Wildman–Crippen MR) is 77.5 cm³/mol. The summed E-state index contributed by atoms with van der Waals surface area (Å²) in [4.78, 5) is 26.3. The van der Waals surface area contributed by atoms with E-state index >= 15 is 0 Å². The van der Waals surface area contributed by atoms with Crippen LogP contribution in [0.15, 0.2) is 28.3 Å². The van der Waals surface area contributed by atoms with E-state index in [9.17, 15) is 18.0 Å². The van der Waals surface area contributed by atoms with Crippen LogP contribution in [0.4, 0.5) is 0 Å². The summed E-state index contributed by atoms with van der Waals surface area (Å²) < 4.78 is 26.5. The molecule has 0 radical (unpaired) electrons. The van der Waals surface area contributed by atoms with Crippen molar-refractivity contribution in [3.8, 4) is 0 Å². The molecule has 1 saturated carbocycles. The number of hydrogen-bond donors (Lipinski definition) is 1. The first-order chi connectivity index (χ1) is 10.4. The van der Waals surface area contributed by atoms with Crippen molar-refractivity contribution < 1.29 is 23.1 Å². The number of rotatable bonds is 4. The molecule has 0 aromatic carbocycles. The molecule has 1 amide bonds. The Bertz CT molecular complexity index is 718. The van der Waals surface area contributed by atoms with E-state index in [1.54, 1.807) is 4.90 Å². The molecule has 0 spiro atoms. The third-order valence-electron chi connectivity index (χ3n) is 3.62. The van der Waals surface area contributed by atoms with Crippen molar-refractivity contribution in [2.75, 3.05) is 18.8 Å². The molecule has 0 unspecified atom stereocenters. The highest BCUT2D eigenvalue weighted by atomic mass is 32.2. The first-order valence-electron chi connectivity index (χ1n) is 6.88. The summed E-state index contributed by atoms with van der Waals surface area (Å²) in [5, 5.41) is 8.93. The second-order valence-corrected chi connectivity index (χ2v) is 7.16. The number of nitrogens with zero attached hydrogens (tertiary/aromatic N) is 3. The summed E-state index contributed by atoms with van der Waals surface area (Å²) in [5.41, 5.74) is 0.339. The number of sulfonamides is 1.